The molecule has 0 saturated heterocycles. The van der Waals surface area contributed by atoms with Crippen molar-refractivity contribution in [3.05, 3.63) is 0 Å². The van der Waals surface area contributed by atoms with Crippen LogP contribution < -0.4 is 0 Å². The van der Waals surface area contributed by atoms with Gasteiger partial charge in [0.2, 0.25) is 0 Å². The highest BCUT2D eigenvalue weighted by Gasteiger charge is 1.49. The van der Waals surface area contributed by atoms with Crippen LogP contribution >= 0.6 is 0 Å². The Balaban J connectivity index is 3.62. The first-order valence-electron chi connectivity index (χ1n) is 1.28. The highest BCUT2D eigenvalue weighted by atomic mass is 32.2. The van der Waals surface area contributed by atoms with Gasteiger partial charge < -0.3 is 0 Å². The molecule has 5 heavy (non-hydrogen) atoms. The fourth-order valence-corrected chi connectivity index (χ4v) is 0. The van der Waals surface area contributed by atoms with Crippen molar-refractivity contribution in [1.82, 2.24) is 0 Å². The lowest BCUT2D eigenvalue weighted by Crippen LogP contribution is -1.59. The molecule has 0 aromatic heterocycles. The van der Waals surface area contributed by atoms with Crippen LogP contribution in [0.4, 0.5) is 0 Å². The van der Waals surface area contributed by atoms with Crippen LogP contribution in [0.5, 0.6) is 0 Å². The third-order valence-electron chi connectivity index (χ3n) is 0.282. The van der Waals surface area contributed by atoms with Gasteiger partial charge in [0.15, 0.2) is 0 Å². The molecule has 0 aromatic carbocycles. The maximum absolute atomic E-state index is 9.79. The molecular weight excluding hydrogens is 86.1 g/mol. The van der Waals surface area contributed by atoms with E-state index in [9.17, 15) is 4.21 Å². The molecule has 0 aromatic rings. The topological polar surface area (TPSA) is 29.4 Å². The van der Waals surface area contributed by atoms with Gasteiger partial charge in [0, 0.05) is 23.9 Å². The molecule has 32 valence electrons. The van der Waals surface area contributed by atoms with E-state index in [0.29, 0.717) is 0 Å². The summed E-state index contributed by atoms with van der Waals surface area (Å²) >= 11 is 0. The van der Waals surface area contributed by atoms with Crippen LogP contribution in [0, 0.1) is 0 Å². The van der Waals surface area contributed by atoms with Gasteiger partial charge in [-0.3, -0.25) is 4.21 Å². The molecule has 0 aliphatic carbocycles. The second kappa shape index (κ2) is 2.20. The minimum absolute atomic E-state index is 1.22. The summed E-state index contributed by atoms with van der Waals surface area (Å²) in [6.45, 7) is 0. The maximum Gasteiger partial charge on any atom is 0.0369 e. The van der Waals surface area contributed by atoms with E-state index in [1.165, 1.54) is 0 Å². The van der Waals surface area contributed by atoms with E-state index in [0.717, 1.165) is 0 Å². The Morgan fingerprint density at radius 1 is 1.80 bits per heavy atom. The van der Waals surface area contributed by atoms with Gasteiger partial charge in [-0.05, 0) is 0 Å². The first kappa shape index (κ1) is 4.95. The van der Waals surface area contributed by atoms with Gasteiger partial charge in [0.1, 0.15) is 0 Å². The zero-order valence-corrected chi connectivity index (χ0v) is 4.20. The summed E-state index contributed by atoms with van der Waals surface area (Å²) in [6, 6.07) is 0. The molecule has 0 heterocycles. The predicted molar refractivity (Wildman–Crippen MR) is 23.8 cm³/mol. The first-order chi connectivity index (χ1) is 2.27. The molecule has 0 N–H and O–H groups in total. The number of hydrogen-bond acceptors (Lipinski definition) is 2. The number of nitrogens with zero attached hydrogens (tertiary/aromatic N) is 1. The van der Waals surface area contributed by atoms with Crippen LogP contribution in [-0.2, 0) is 10.6 Å². The van der Waals surface area contributed by atoms with Gasteiger partial charge in [-0.2, -0.15) is 0 Å². The Morgan fingerprint density at radius 2 is 2.00 bits per heavy atom. The Labute approximate surface area is 33.4 Å². The lowest BCUT2D eigenvalue weighted by Gasteiger charge is -1.61. The lowest BCUT2D eigenvalue weighted by atomic mass is 11.6. The van der Waals surface area contributed by atoms with Crippen molar-refractivity contribution >= 4 is 10.6 Å². The molecule has 0 aliphatic rings. The predicted octanol–water partition coefficient (Wildman–Crippen LogP) is -0.0894. The Morgan fingerprint density at radius 3 is 2.00 bits per heavy atom. The van der Waals surface area contributed by atoms with Crippen LogP contribution in [0.1, 0.15) is 0 Å². The fraction of sp³-hybridized carbons (Fsp3) is 1.00. The van der Waals surface area contributed by atoms with Gasteiger partial charge in [-0.15, -0.1) is 0 Å². The quantitative estimate of drug-likeness (QED) is 0.417. The van der Waals surface area contributed by atoms with Crippen molar-refractivity contribution in [2.75, 3.05) is 13.3 Å². The van der Waals surface area contributed by atoms with E-state index >= 15 is 0 Å². The van der Waals surface area contributed by atoms with E-state index in [1.54, 1.807) is 13.3 Å². The lowest BCUT2D eigenvalue weighted by molar-refractivity contribution is 0.691. The summed E-state index contributed by atoms with van der Waals surface area (Å²) in [5, 5.41) is 0. The minimum atomic E-state index is -1.22. The van der Waals surface area contributed by atoms with E-state index in [-0.39, 0.29) is 0 Å². The normalized spacial score (nSPS) is 15.6. The second-order valence-corrected chi connectivity index (χ2v) is 1.99. The van der Waals surface area contributed by atoms with Crippen molar-refractivity contribution in [2.45, 2.75) is 0 Å². The SMILES string of the molecule is C/N=[SH](/C)=O. The highest BCUT2D eigenvalue weighted by Crippen LogP contribution is 1.52. The first-order valence-corrected chi connectivity index (χ1v) is 2.94. The zero-order valence-electron chi connectivity index (χ0n) is 3.30. The molecule has 0 aliphatic heterocycles. The standard InChI is InChI=1S/C2H7NOS/c1-3-5(2)4/h5H,1-2H3. The zero-order chi connectivity index (χ0) is 4.28. The van der Waals surface area contributed by atoms with Crippen molar-refractivity contribution in [1.29, 1.82) is 0 Å². The van der Waals surface area contributed by atoms with E-state index in [4.69, 9.17) is 0 Å². The molecule has 0 radical (unpaired) electrons. The van der Waals surface area contributed by atoms with Crippen molar-refractivity contribution in [2.24, 2.45) is 4.36 Å². The van der Waals surface area contributed by atoms with E-state index < -0.39 is 10.6 Å². The summed E-state index contributed by atoms with van der Waals surface area (Å²) in [5.41, 5.74) is 0. The Bertz CT molecular complexity index is 81.6. The van der Waals surface area contributed by atoms with Gasteiger partial charge in [0.25, 0.3) is 0 Å². The van der Waals surface area contributed by atoms with Crippen LogP contribution in [-0.4, -0.2) is 17.5 Å². The summed E-state index contributed by atoms with van der Waals surface area (Å²) in [4.78, 5) is 0. The molecule has 0 bridgehead atoms. The summed E-state index contributed by atoms with van der Waals surface area (Å²) in [5.74, 6) is 0. The number of rotatable bonds is 0. The molecule has 2 nitrogen and oxygen atoms in total. The van der Waals surface area contributed by atoms with Crippen molar-refractivity contribution in [3.63, 3.8) is 0 Å². The molecule has 0 rings (SSSR count). The fourth-order valence-electron chi connectivity index (χ4n) is 0. The van der Waals surface area contributed by atoms with Gasteiger partial charge in [0.05, 0.1) is 0 Å². The summed E-state index contributed by atoms with van der Waals surface area (Å²) in [7, 11) is 0.317. The monoisotopic (exact) mass is 93.0 g/mol. The van der Waals surface area contributed by atoms with Gasteiger partial charge >= 0.3 is 0 Å². The molecule has 0 amide bonds. The van der Waals surface area contributed by atoms with Crippen LogP contribution in [0.3, 0.4) is 0 Å². The highest BCUT2D eigenvalue weighted by molar-refractivity contribution is 7.74. The molecule has 3 heteroatoms. The molecule has 0 spiro atoms. The maximum atomic E-state index is 9.79. The summed E-state index contributed by atoms with van der Waals surface area (Å²) < 4.78 is 13.2. The third kappa shape index (κ3) is 3.95. The van der Waals surface area contributed by atoms with Crippen molar-refractivity contribution in [3.8, 4) is 0 Å². The number of thiol groups is 1. The molecular formula is C2H7NOS. The van der Waals surface area contributed by atoms with Crippen LogP contribution in [0.25, 0.3) is 0 Å². The Hall–Kier alpha value is -0.0500. The Kier molecular flexibility index (Phi) is 2.18. The average Bonchev–Trinajstić information content (AvgIpc) is 1.38. The van der Waals surface area contributed by atoms with Crippen LogP contribution in [0.2, 0.25) is 0 Å². The minimum Gasteiger partial charge on any atom is -0.253 e. The molecule has 1 atom stereocenters. The average molecular weight is 93.2 g/mol. The van der Waals surface area contributed by atoms with Gasteiger partial charge in [-0.1, -0.05) is 0 Å². The van der Waals surface area contributed by atoms with Crippen LogP contribution in [0.15, 0.2) is 4.36 Å². The van der Waals surface area contributed by atoms with Gasteiger partial charge in [-0.25, -0.2) is 4.36 Å². The largest absolute Gasteiger partial charge is 0.253 e. The molecule has 0 fully saturated rings. The number of hydrogen-bond donors (Lipinski definition) is 1. The second-order valence-electron chi connectivity index (χ2n) is 0.664. The van der Waals surface area contributed by atoms with Crippen molar-refractivity contribution < 1.29 is 4.21 Å². The van der Waals surface area contributed by atoms with E-state index in [2.05, 4.69) is 4.36 Å². The smallest absolute Gasteiger partial charge is 0.0369 e. The summed E-state index contributed by atoms with van der Waals surface area (Å²) in [6.07, 6.45) is 1.56. The van der Waals surface area contributed by atoms with E-state index in [1.807, 2.05) is 0 Å². The molecule has 0 saturated carbocycles. The molecule has 1 unspecified atom stereocenters. The third-order valence-corrected chi connectivity index (χ3v) is 0.845.